The number of hydrogen-bond acceptors (Lipinski definition) is 7. The standard InChI is InChI=1S/C28H23ClF5N5O3S2/c29-23-8-9-25(43-23)44(41,42)39-16-27(30,31)13-22(39)26(40)37-14-17-11-21(18-4-6-19(7-5-18)28(32,33)34)38-24(12-17)36-15-20-3-1-2-10-35-20/h1-12,22H,13-16H2,(H,36,38)(H,37,40). The van der Waals surface area contributed by atoms with Crippen LogP contribution in [0.2, 0.25) is 4.34 Å². The van der Waals surface area contributed by atoms with Crippen molar-refractivity contribution in [2.45, 2.75) is 41.9 Å². The third kappa shape index (κ3) is 7.34. The summed E-state index contributed by atoms with van der Waals surface area (Å²) in [6.45, 7) is -1.13. The summed E-state index contributed by atoms with van der Waals surface area (Å²) in [7, 11) is -4.44. The first-order valence-corrected chi connectivity index (χ1v) is 15.6. The van der Waals surface area contributed by atoms with Crippen LogP contribution in [0.5, 0.6) is 0 Å². The fourth-order valence-electron chi connectivity index (χ4n) is 4.56. The van der Waals surface area contributed by atoms with Gasteiger partial charge in [-0.3, -0.25) is 9.78 Å². The number of sulfonamides is 1. The molecule has 1 saturated heterocycles. The quantitative estimate of drug-likeness (QED) is 0.205. The summed E-state index contributed by atoms with van der Waals surface area (Å²) in [6.07, 6.45) is -3.93. The van der Waals surface area contributed by atoms with E-state index in [-0.39, 0.29) is 27.3 Å². The van der Waals surface area contributed by atoms with Gasteiger partial charge in [-0.1, -0.05) is 29.8 Å². The Morgan fingerprint density at radius 2 is 1.82 bits per heavy atom. The van der Waals surface area contributed by atoms with Gasteiger partial charge in [0.05, 0.1) is 34.4 Å². The number of anilines is 1. The predicted molar refractivity (Wildman–Crippen MR) is 155 cm³/mol. The van der Waals surface area contributed by atoms with Crippen molar-refractivity contribution in [2.75, 3.05) is 11.9 Å². The van der Waals surface area contributed by atoms with Crippen molar-refractivity contribution in [3.63, 3.8) is 0 Å². The number of carbonyl (C=O) groups is 1. The molecule has 232 valence electrons. The van der Waals surface area contributed by atoms with Crippen LogP contribution in [0.3, 0.4) is 0 Å². The number of aromatic nitrogens is 2. The highest BCUT2D eigenvalue weighted by Gasteiger charge is 2.53. The molecule has 0 spiro atoms. The highest BCUT2D eigenvalue weighted by atomic mass is 35.5. The summed E-state index contributed by atoms with van der Waals surface area (Å²) in [5.41, 5.74) is 0.904. The van der Waals surface area contributed by atoms with Gasteiger partial charge in [0.15, 0.2) is 0 Å². The second-order valence-electron chi connectivity index (χ2n) is 9.90. The number of amides is 1. The number of thiophene rings is 1. The van der Waals surface area contributed by atoms with Crippen LogP contribution in [-0.4, -0.2) is 47.1 Å². The maximum absolute atomic E-state index is 14.4. The Hall–Kier alpha value is -3.66. The van der Waals surface area contributed by atoms with Gasteiger partial charge in [0.25, 0.3) is 15.9 Å². The van der Waals surface area contributed by atoms with Crippen LogP contribution < -0.4 is 10.6 Å². The Bertz CT molecular complexity index is 1750. The molecule has 1 aliphatic rings. The summed E-state index contributed by atoms with van der Waals surface area (Å²) < 4.78 is 94.8. The Balaban J connectivity index is 1.39. The second kappa shape index (κ2) is 12.4. The highest BCUT2D eigenvalue weighted by Crippen LogP contribution is 2.38. The molecule has 1 unspecified atom stereocenters. The summed E-state index contributed by atoms with van der Waals surface area (Å²) >= 11 is 6.54. The van der Waals surface area contributed by atoms with Crippen LogP contribution in [0.1, 0.15) is 23.2 Å². The molecule has 5 rings (SSSR count). The van der Waals surface area contributed by atoms with Gasteiger partial charge in [-0.25, -0.2) is 22.2 Å². The molecule has 1 aromatic carbocycles. The zero-order valence-electron chi connectivity index (χ0n) is 22.5. The third-order valence-corrected chi connectivity index (χ3v) is 10.2. The monoisotopic (exact) mass is 671 g/mol. The normalized spacial score (nSPS) is 17.0. The number of alkyl halides is 5. The number of hydrogen-bond donors (Lipinski definition) is 2. The van der Waals surface area contributed by atoms with Crippen molar-refractivity contribution in [3.8, 4) is 11.3 Å². The van der Waals surface area contributed by atoms with Gasteiger partial charge < -0.3 is 10.6 Å². The predicted octanol–water partition coefficient (Wildman–Crippen LogP) is 6.20. The van der Waals surface area contributed by atoms with Gasteiger partial charge in [0.1, 0.15) is 16.1 Å². The third-order valence-electron chi connectivity index (χ3n) is 6.68. The number of nitrogens with one attached hydrogen (secondary N) is 2. The van der Waals surface area contributed by atoms with Gasteiger partial charge >= 0.3 is 6.18 Å². The van der Waals surface area contributed by atoms with Crippen molar-refractivity contribution in [3.05, 3.63) is 94.1 Å². The first kappa shape index (κ1) is 31.8. The molecule has 16 heteroatoms. The summed E-state index contributed by atoms with van der Waals surface area (Å²) in [6, 6.07) is 13.6. The smallest absolute Gasteiger partial charge is 0.364 e. The number of pyridine rings is 2. The molecule has 2 N–H and O–H groups in total. The largest absolute Gasteiger partial charge is 0.416 e. The molecule has 1 amide bonds. The molecule has 1 aliphatic heterocycles. The van der Waals surface area contributed by atoms with Crippen molar-refractivity contribution in [1.29, 1.82) is 0 Å². The van der Waals surface area contributed by atoms with Crippen LogP contribution >= 0.6 is 22.9 Å². The van der Waals surface area contributed by atoms with Crippen LogP contribution in [0.15, 0.2) is 77.1 Å². The average Bonchev–Trinajstić information content (AvgIpc) is 3.58. The SMILES string of the molecule is O=C(NCc1cc(NCc2ccccn2)nc(-c2ccc(C(F)(F)F)cc2)c1)C1CC(F)(F)CN1S(=O)(=O)c1ccc(Cl)s1. The maximum atomic E-state index is 14.4. The second-order valence-corrected chi connectivity index (χ2v) is 13.7. The van der Waals surface area contributed by atoms with Crippen molar-refractivity contribution < 1.29 is 35.2 Å². The van der Waals surface area contributed by atoms with Gasteiger partial charge in [0.2, 0.25) is 5.91 Å². The zero-order chi connectivity index (χ0) is 31.7. The van der Waals surface area contributed by atoms with E-state index in [0.717, 1.165) is 12.1 Å². The van der Waals surface area contributed by atoms with Crippen molar-refractivity contribution in [2.24, 2.45) is 0 Å². The van der Waals surface area contributed by atoms with Crippen LogP contribution in [0, 0.1) is 0 Å². The van der Waals surface area contributed by atoms with E-state index in [1.54, 1.807) is 30.5 Å². The van der Waals surface area contributed by atoms with E-state index in [2.05, 4.69) is 20.6 Å². The summed E-state index contributed by atoms with van der Waals surface area (Å²) in [5, 5.41) is 5.61. The Morgan fingerprint density at radius 3 is 2.45 bits per heavy atom. The van der Waals surface area contributed by atoms with Crippen molar-refractivity contribution >= 4 is 44.7 Å². The zero-order valence-corrected chi connectivity index (χ0v) is 24.9. The van der Waals surface area contributed by atoms with Crippen LogP contribution in [0.25, 0.3) is 11.3 Å². The Labute approximate surface area is 258 Å². The molecule has 1 fully saturated rings. The molecular weight excluding hydrogens is 649 g/mol. The summed E-state index contributed by atoms with van der Waals surface area (Å²) in [4.78, 5) is 21.9. The van der Waals surface area contributed by atoms with Gasteiger partial charge in [0, 0.05) is 24.7 Å². The molecule has 4 aromatic rings. The van der Waals surface area contributed by atoms with Gasteiger partial charge in [-0.15, -0.1) is 11.3 Å². The molecule has 44 heavy (non-hydrogen) atoms. The van der Waals surface area contributed by atoms with Crippen LogP contribution in [-0.2, 0) is 34.1 Å². The minimum absolute atomic E-state index is 0.143. The lowest BCUT2D eigenvalue weighted by atomic mass is 10.1. The minimum atomic E-state index is -4.53. The van der Waals surface area contributed by atoms with Crippen LogP contribution in [0.4, 0.5) is 27.8 Å². The number of benzene rings is 1. The number of rotatable bonds is 9. The minimum Gasteiger partial charge on any atom is -0.364 e. The van der Waals surface area contributed by atoms with E-state index in [9.17, 15) is 35.2 Å². The van der Waals surface area contributed by atoms with E-state index in [1.807, 2.05) is 0 Å². The number of halogens is 6. The maximum Gasteiger partial charge on any atom is 0.416 e. The molecular formula is C28H23ClF5N5O3S2. The summed E-state index contributed by atoms with van der Waals surface area (Å²) in [5.74, 6) is -4.07. The molecule has 0 bridgehead atoms. The molecule has 0 radical (unpaired) electrons. The number of nitrogens with zero attached hydrogens (tertiary/aromatic N) is 3. The molecule has 0 saturated carbocycles. The fraction of sp³-hybridized carbons (Fsp3) is 0.250. The Morgan fingerprint density at radius 1 is 1.07 bits per heavy atom. The molecule has 1 atom stereocenters. The lowest BCUT2D eigenvalue weighted by Crippen LogP contribution is -2.45. The van der Waals surface area contributed by atoms with E-state index in [1.165, 1.54) is 30.3 Å². The van der Waals surface area contributed by atoms with Gasteiger partial charge in [-0.2, -0.15) is 17.5 Å². The molecule has 8 nitrogen and oxygen atoms in total. The van der Waals surface area contributed by atoms with Crippen molar-refractivity contribution in [1.82, 2.24) is 19.6 Å². The first-order valence-electron chi connectivity index (χ1n) is 13.0. The van der Waals surface area contributed by atoms with E-state index < -0.39 is 52.6 Å². The topological polar surface area (TPSA) is 104 Å². The lowest BCUT2D eigenvalue weighted by Gasteiger charge is -2.22. The van der Waals surface area contributed by atoms with E-state index in [0.29, 0.717) is 38.3 Å². The fourth-order valence-corrected chi connectivity index (χ4v) is 7.79. The molecule has 4 heterocycles. The van der Waals surface area contributed by atoms with Gasteiger partial charge in [-0.05, 0) is 54.1 Å². The van der Waals surface area contributed by atoms with E-state index in [4.69, 9.17) is 11.6 Å². The highest BCUT2D eigenvalue weighted by molar-refractivity contribution is 7.91. The lowest BCUT2D eigenvalue weighted by molar-refractivity contribution is -0.137. The first-order chi connectivity index (χ1) is 20.7. The number of carbonyl (C=O) groups excluding carboxylic acids is 1. The molecule has 3 aromatic heterocycles. The Kier molecular flexibility index (Phi) is 8.94. The average molecular weight is 672 g/mol. The van der Waals surface area contributed by atoms with E-state index >= 15 is 0 Å². The molecule has 0 aliphatic carbocycles.